The lowest BCUT2D eigenvalue weighted by molar-refractivity contribution is 0.0951. The van der Waals surface area contributed by atoms with Crippen LogP contribution in [-0.4, -0.2) is 10.9 Å². The van der Waals surface area contributed by atoms with E-state index in [4.69, 9.17) is 11.6 Å². The van der Waals surface area contributed by atoms with Gasteiger partial charge in [-0.05, 0) is 36.8 Å². The molecular weight excluding hydrogens is 280 g/mol. The second-order valence-corrected chi connectivity index (χ2v) is 5.08. The summed E-state index contributed by atoms with van der Waals surface area (Å²) in [5.41, 5.74) is 2.31. The van der Waals surface area contributed by atoms with Gasteiger partial charge in [0.25, 0.3) is 5.91 Å². The van der Waals surface area contributed by atoms with E-state index in [0.29, 0.717) is 22.0 Å². The van der Waals surface area contributed by atoms with Crippen LogP contribution >= 0.6 is 24.2 Å². The van der Waals surface area contributed by atoms with Gasteiger partial charge in [0.15, 0.2) is 0 Å². The van der Waals surface area contributed by atoms with Crippen molar-refractivity contribution in [2.45, 2.75) is 18.4 Å². The maximum absolute atomic E-state index is 12.0. The highest BCUT2D eigenvalue weighted by molar-refractivity contribution is 7.80. The number of pyridine rings is 1. The van der Waals surface area contributed by atoms with Gasteiger partial charge in [0.1, 0.15) is 0 Å². The van der Waals surface area contributed by atoms with Crippen LogP contribution in [0.2, 0.25) is 5.02 Å². The van der Waals surface area contributed by atoms with Gasteiger partial charge in [0.2, 0.25) is 0 Å². The van der Waals surface area contributed by atoms with Crippen LogP contribution in [0, 0.1) is 6.92 Å². The van der Waals surface area contributed by atoms with Crippen LogP contribution in [0.25, 0.3) is 0 Å². The molecule has 0 radical (unpaired) electrons. The zero-order valence-electron chi connectivity index (χ0n) is 10.4. The molecule has 98 valence electrons. The van der Waals surface area contributed by atoms with E-state index >= 15 is 0 Å². The Bertz CT molecular complexity index is 599. The Morgan fingerprint density at radius 3 is 2.84 bits per heavy atom. The fourth-order valence-electron chi connectivity index (χ4n) is 1.57. The van der Waals surface area contributed by atoms with E-state index in [-0.39, 0.29) is 5.91 Å². The summed E-state index contributed by atoms with van der Waals surface area (Å²) in [4.78, 5) is 16.9. The molecule has 1 aromatic carbocycles. The van der Waals surface area contributed by atoms with Gasteiger partial charge in [-0.15, -0.1) is 12.6 Å². The standard InChI is InChI=1S/C14H13ClN2OS/c1-9-2-3-10(7-16-9)8-17-14(18)12-6-11(19)4-5-13(12)15/h2-7,19H,8H2,1H3,(H,17,18). The van der Waals surface area contributed by atoms with Crippen molar-refractivity contribution in [1.29, 1.82) is 0 Å². The van der Waals surface area contributed by atoms with Crippen molar-refractivity contribution in [3.8, 4) is 0 Å². The number of carbonyl (C=O) groups excluding carboxylic acids is 1. The van der Waals surface area contributed by atoms with Gasteiger partial charge < -0.3 is 5.32 Å². The van der Waals surface area contributed by atoms with Crippen LogP contribution in [0.4, 0.5) is 0 Å². The van der Waals surface area contributed by atoms with Crippen LogP contribution in [0.15, 0.2) is 41.4 Å². The van der Waals surface area contributed by atoms with E-state index in [0.717, 1.165) is 11.3 Å². The highest BCUT2D eigenvalue weighted by Crippen LogP contribution is 2.19. The molecule has 0 bridgehead atoms. The molecule has 2 aromatic rings. The molecule has 0 spiro atoms. The van der Waals surface area contributed by atoms with Gasteiger partial charge in [-0.1, -0.05) is 17.7 Å². The average Bonchev–Trinajstić information content (AvgIpc) is 2.40. The maximum atomic E-state index is 12.0. The van der Waals surface area contributed by atoms with Crippen molar-refractivity contribution in [2.24, 2.45) is 0 Å². The second-order valence-electron chi connectivity index (χ2n) is 4.15. The molecule has 1 aromatic heterocycles. The van der Waals surface area contributed by atoms with Crippen LogP contribution < -0.4 is 5.32 Å². The second kappa shape index (κ2) is 6.08. The molecule has 1 N–H and O–H groups in total. The molecular formula is C14H13ClN2OS. The molecule has 5 heteroatoms. The lowest BCUT2D eigenvalue weighted by Crippen LogP contribution is -2.23. The number of nitrogens with zero attached hydrogens (tertiary/aromatic N) is 1. The van der Waals surface area contributed by atoms with Crippen LogP contribution in [0.3, 0.4) is 0 Å². The van der Waals surface area contributed by atoms with E-state index < -0.39 is 0 Å². The van der Waals surface area contributed by atoms with Crippen molar-refractivity contribution in [3.63, 3.8) is 0 Å². The minimum absolute atomic E-state index is 0.221. The number of hydrogen-bond donors (Lipinski definition) is 2. The zero-order valence-corrected chi connectivity index (χ0v) is 12.0. The lowest BCUT2D eigenvalue weighted by atomic mass is 10.2. The first-order valence-corrected chi connectivity index (χ1v) is 6.57. The predicted molar refractivity (Wildman–Crippen MR) is 78.8 cm³/mol. The SMILES string of the molecule is Cc1ccc(CNC(=O)c2cc(S)ccc2Cl)cn1. The van der Waals surface area contributed by atoms with Crippen molar-refractivity contribution in [1.82, 2.24) is 10.3 Å². The van der Waals surface area contributed by atoms with Gasteiger partial charge >= 0.3 is 0 Å². The van der Waals surface area contributed by atoms with Gasteiger partial charge in [0, 0.05) is 23.3 Å². The number of aryl methyl sites for hydroxylation is 1. The first-order valence-electron chi connectivity index (χ1n) is 5.74. The predicted octanol–water partition coefficient (Wildman–Crippen LogP) is 3.26. The Morgan fingerprint density at radius 1 is 1.37 bits per heavy atom. The molecule has 1 amide bonds. The molecule has 0 aliphatic heterocycles. The number of rotatable bonds is 3. The minimum atomic E-state index is -0.221. The molecule has 0 saturated heterocycles. The van der Waals surface area contributed by atoms with E-state index in [2.05, 4.69) is 22.9 Å². The third-order valence-corrected chi connectivity index (χ3v) is 3.23. The fourth-order valence-corrected chi connectivity index (χ4v) is 1.97. The minimum Gasteiger partial charge on any atom is -0.348 e. The maximum Gasteiger partial charge on any atom is 0.253 e. The molecule has 2 rings (SSSR count). The summed E-state index contributed by atoms with van der Waals surface area (Å²) in [6, 6.07) is 8.88. The highest BCUT2D eigenvalue weighted by atomic mass is 35.5. The first-order chi connectivity index (χ1) is 9.06. The van der Waals surface area contributed by atoms with Crippen molar-refractivity contribution in [3.05, 3.63) is 58.4 Å². The lowest BCUT2D eigenvalue weighted by Gasteiger charge is -2.07. The number of thiol groups is 1. The molecule has 19 heavy (non-hydrogen) atoms. The molecule has 0 aliphatic rings. The van der Waals surface area contributed by atoms with Crippen LogP contribution in [0.5, 0.6) is 0 Å². The Hall–Kier alpha value is -1.52. The summed E-state index contributed by atoms with van der Waals surface area (Å²) in [6.07, 6.45) is 1.74. The van der Waals surface area contributed by atoms with E-state index in [1.165, 1.54) is 0 Å². The van der Waals surface area contributed by atoms with Gasteiger partial charge in [-0.2, -0.15) is 0 Å². The smallest absolute Gasteiger partial charge is 0.253 e. The van der Waals surface area contributed by atoms with E-state index in [9.17, 15) is 4.79 Å². The van der Waals surface area contributed by atoms with Gasteiger partial charge in [0.05, 0.1) is 10.6 Å². The molecule has 0 atom stereocenters. The molecule has 0 unspecified atom stereocenters. The summed E-state index contributed by atoms with van der Waals surface area (Å²) in [5.74, 6) is -0.221. The van der Waals surface area contributed by atoms with Gasteiger partial charge in [-0.3, -0.25) is 9.78 Å². The fraction of sp³-hybridized carbons (Fsp3) is 0.143. The Labute approximate surface area is 122 Å². The van der Waals surface area contributed by atoms with Gasteiger partial charge in [-0.25, -0.2) is 0 Å². The Balaban J connectivity index is 2.05. The molecule has 0 fully saturated rings. The summed E-state index contributed by atoms with van der Waals surface area (Å²) in [6.45, 7) is 2.33. The van der Waals surface area contributed by atoms with E-state index in [1.54, 1.807) is 24.4 Å². The molecule has 0 saturated carbocycles. The van der Waals surface area contributed by atoms with E-state index in [1.807, 2.05) is 19.1 Å². The van der Waals surface area contributed by atoms with Crippen molar-refractivity contribution >= 4 is 30.1 Å². The highest BCUT2D eigenvalue weighted by Gasteiger charge is 2.10. The number of hydrogen-bond acceptors (Lipinski definition) is 3. The number of aromatic nitrogens is 1. The van der Waals surface area contributed by atoms with Crippen molar-refractivity contribution in [2.75, 3.05) is 0 Å². The number of benzene rings is 1. The number of nitrogens with one attached hydrogen (secondary N) is 1. The summed E-state index contributed by atoms with van der Waals surface area (Å²) in [7, 11) is 0. The first kappa shape index (κ1) is 13.9. The average molecular weight is 293 g/mol. The number of halogens is 1. The van der Waals surface area contributed by atoms with Crippen LogP contribution in [-0.2, 0) is 6.54 Å². The zero-order chi connectivity index (χ0) is 13.8. The normalized spacial score (nSPS) is 10.3. The number of carbonyl (C=O) groups is 1. The summed E-state index contributed by atoms with van der Waals surface area (Å²) < 4.78 is 0. The number of amides is 1. The largest absolute Gasteiger partial charge is 0.348 e. The Kier molecular flexibility index (Phi) is 4.45. The monoisotopic (exact) mass is 292 g/mol. The molecule has 0 aliphatic carbocycles. The molecule has 3 nitrogen and oxygen atoms in total. The summed E-state index contributed by atoms with van der Waals surface area (Å²) in [5, 5.41) is 3.22. The van der Waals surface area contributed by atoms with Crippen LogP contribution in [0.1, 0.15) is 21.6 Å². The Morgan fingerprint density at radius 2 is 2.16 bits per heavy atom. The molecule has 1 heterocycles. The quantitative estimate of drug-likeness (QED) is 0.853. The summed E-state index contributed by atoms with van der Waals surface area (Å²) >= 11 is 10.2. The topological polar surface area (TPSA) is 42.0 Å². The van der Waals surface area contributed by atoms with Crippen molar-refractivity contribution < 1.29 is 4.79 Å². The third kappa shape index (κ3) is 3.72. The third-order valence-electron chi connectivity index (χ3n) is 2.62.